The van der Waals surface area contributed by atoms with Crippen LogP contribution >= 0.6 is 0 Å². The van der Waals surface area contributed by atoms with E-state index in [1.54, 1.807) is 6.33 Å². The average Bonchev–Trinajstić information content (AvgIpc) is 2.41. The van der Waals surface area contributed by atoms with Crippen LogP contribution in [0.25, 0.3) is 11.3 Å². The molecule has 0 unspecified atom stereocenters. The first-order chi connectivity index (χ1) is 8.75. The minimum absolute atomic E-state index is 0.874. The summed E-state index contributed by atoms with van der Waals surface area (Å²) in [6.45, 7) is 6.14. The van der Waals surface area contributed by atoms with E-state index in [1.807, 2.05) is 0 Å². The lowest BCUT2D eigenvalue weighted by Gasteiger charge is -2.19. The molecule has 0 spiro atoms. The zero-order valence-electron chi connectivity index (χ0n) is 10.8. The van der Waals surface area contributed by atoms with Crippen molar-refractivity contribution in [1.29, 1.82) is 0 Å². The Bertz CT molecular complexity index is 590. The number of hydrogen-bond acceptors (Lipinski definition) is 3. The van der Waals surface area contributed by atoms with E-state index < -0.39 is 0 Å². The van der Waals surface area contributed by atoms with E-state index >= 15 is 0 Å². The lowest BCUT2D eigenvalue weighted by Crippen LogP contribution is -2.25. The molecule has 0 radical (unpaired) electrons. The molecule has 3 nitrogen and oxygen atoms in total. The molecule has 3 heteroatoms. The number of nitrogens with one attached hydrogen (secondary N) is 1. The largest absolute Gasteiger partial charge is 0.312 e. The minimum atomic E-state index is 0.874. The Morgan fingerprint density at radius 3 is 2.94 bits per heavy atom. The molecule has 0 aliphatic carbocycles. The number of fused-ring (bicyclic) bond motifs is 1. The fourth-order valence-corrected chi connectivity index (χ4v) is 2.49. The number of aromatic nitrogens is 2. The number of hydrogen-bond donors (Lipinski definition) is 1. The van der Waals surface area contributed by atoms with Gasteiger partial charge in [-0.15, -0.1) is 0 Å². The van der Waals surface area contributed by atoms with Crippen LogP contribution in [0, 0.1) is 13.8 Å². The van der Waals surface area contributed by atoms with Gasteiger partial charge in [-0.05, 0) is 25.5 Å². The van der Waals surface area contributed by atoms with Crippen LogP contribution in [0.3, 0.4) is 0 Å². The molecule has 1 aliphatic rings. The fourth-order valence-electron chi connectivity index (χ4n) is 2.49. The summed E-state index contributed by atoms with van der Waals surface area (Å²) in [5, 5.41) is 3.41. The second-order valence-corrected chi connectivity index (χ2v) is 4.89. The van der Waals surface area contributed by atoms with Crippen LogP contribution in [0.2, 0.25) is 0 Å². The molecule has 0 amide bonds. The summed E-state index contributed by atoms with van der Waals surface area (Å²) in [5.41, 5.74) is 7.32. The summed E-state index contributed by atoms with van der Waals surface area (Å²) in [5.74, 6) is 0. The number of benzene rings is 1. The lowest BCUT2D eigenvalue weighted by atomic mass is 9.96. The van der Waals surface area contributed by atoms with Crippen molar-refractivity contribution in [2.24, 2.45) is 0 Å². The zero-order chi connectivity index (χ0) is 12.5. The van der Waals surface area contributed by atoms with Crippen molar-refractivity contribution < 1.29 is 0 Å². The molecule has 0 saturated carbocycles. The third-order valence-electron chi connectivity index (χ3n) is 3.52. The Morgan fingerprint density at radius 1 is 1.17 bits per heavy atom. The number of rotatable bonds is 1. The van der Waals surface area contributed by atoms with Crippen molar-refractivity contribution in [3.05, 3.63) is 46.9 Å². The second-order valence-electron chi connectivity index (χ2n) is 4.89. The molecule has 3 rings (SSSR count). The molecule has 92 valence electrons. The van der Waals surface area contributed by atoms with E-state index in [-0.39, 0.29) is 0 Å². The molecule has 2 heterocycles. The molecule has 0 fully saturated rings. The molecule has 1 aromatic heterocycles. The van der Waals surface area contributed by atoms with Gasteiger partial charge in [0.1, 0.15) is 6.33 Å². The summed E-state index contributed by atoms with van der Waals surface area (Å²) in [6.07, 6.45) is 2.69. The Hall–Kier alpha value is -1.74. The summed E-state index contributed by atoms with van der Waals surface area (Å²) < 4.78 is 0. The van der Waals surface area contributed by atoms with Gasteiger partial charge in [0.05, 0.1) is 11.4 Å². The van der Waals surface area contributed by atoms with Gasteiger partial charge in [0.15, 0.2) is 0 Å². The van der Waals surface area contributed by atoms with Gasteiger partial charge in [0.2, 0.25) is 0 Å². The van der Waals surface area contributed by atoms with Gasteiger partial charge >= 0.3 is 0 Å². The third-order valence-corrected chi connectivity index (χ3v) is 3.52. The van der Waals surface area contributed by atoms with Crippen molar-refractivity contribution in [3.8, 4) is 11.3 Å². The first-order valence-corrected chi connectivity index (χ1v) is 6.37. The van der Waals surface area contributed by atoms with Crippen LogP contribution in [-0.4, -0.2) is 16.5 Å². The molecule has 0 atom stereocenters. The van der Waals surface area contributed by atoms with Gasteiger partial charge in [0, 0.05) is 30.6 Å². The molecule has 1 N–H and O–H groups in total. The van der Waals surface area contributed by atoms with E-state index in [9.17, 15) is 0 Å². The molecule has 2 aromatic rings. The normalized spacial score (nSPS) is 14.3. The summed E-state index contributed by atoms with van der Waals surface area (Å²) in [6, 6.07) is 6.52. The van der Waals surface area contributed by atoms with E-state index in [2.05, 4.69) is 47.3 Å². The highest BCUT2D eigenvalue weighted by Crippen LogP contribution is 2.28. The highest BCUT2D eigenvalue weighted by molar-refractivity contribution is 5.68. The Balaban J connectivity index is 2.19. The summed E-state index contributed by atoms with van der Waals surface area (Å²) >= 11 is 0. The summed E-state index contributed by atoms with van der Waals surface area (Å²) in [7, 11) is 0. The maximum atomic E-state index is 4.51. The van der Waals surface area contributed by atoms with E-state index in [1.165, 1.54) is 27.9 Å². The van der Waals surface area contributed by atoms with Crippen LogP contribution in [0.1, 0.15) is 22.4 Å². The molecule has 1 aromatic carbocycles. The first kappa shape index (κ1) is 11.4. The van der Waals surface area contributed by atoms with E-state index in [0.717, 1.165) is 25.2 Å². The smallest absolute Gasteiger partial charge is 0.116 e. The van der Waals surface area contributed by atoms with Crippen molar-refractivity contribution in [3.63, 3.8) is 0 Å². The molecule has 18 heavy (non-hydrogen) atoms. The van der Waals surface area contributed by atoms with Crippen molar-refractivity contribution in [2.45, 2.75) is 26.8 Å². The van der Waals surface area contributed by atoms with Gasteiger partial charge < -0.3 is 5.32 Å². The van der Waals surface area contributed by atoms with Crippen LogP contribution in [0.5, 0.6) is 0 Å². The first-order valence-electron chi connectivity index (χ1n) is 6.37. The highest BCUT2D eigenvalue weighted by Gasteiger charge is 2.17. The highest BCUT2D eigenvalue weighted by atomic mass is 14.9. The zero-order valence-corrected chi connectivity index (χ0v) is 10.8. The average molecular weight is 239 g/mol. The monoisotopic (exact) mass is 239 g/mol. The van der Waals surface area contributed by atoms with Gasteiger partial charge in [-0.1, -0.05) is 17.7 Å². The van der Waals surface area contributed by atoms with Crippen molar-refractivity contribution in [1.82, 2.24) is 15.3 Å². The number of nitrogens with zero attached hydrogens (tertiary/aromatic N) is 2. The van der Waals surface area contributed by atoms with Crippen LogP contribution in [0.4, 0.5) is 0 Å². The Kier molecular flexibility index (Phi) is 2.84. The minimum Gasteiger partial charge on any atom is -0.312 e. The Labute approximate surface area is 107 Å². The van der Waals surface area contributed by atoms with Gasteiger partial charge in [-0.25, -0.2) is 9.97 Å². The molecule has 0 saturated heterocycles. The maximum absolute atomic E-state index is 4.51. The van der Waals surface area contributed by atoms with Crippen LogP contribution < -0.4 is 5.32 Å². The number of aryl methyl sites for hydroxylation is 2. The molecular weight excluding hydrogens is 222 g/mol. The summed E-state index contributed by atoms with van der Waals surface area (Å²) in [4.78, 5) is 8.92. The predicted octanol–water partition coefficient (Wildman–Crippen LogP) is 2.41. The van der Waals surface area contributed by atoms with Gasteiger partial charge in [0.25, 0.3) is 0 Å². The van der Waals surface area contributed by atoms with Crippen LogP contribution in [-0.2, 0) is 13.0 Å². The standard InChI is InChI=1S/C15H17N3/c1-10-3-4-11(2)12(7-10)15-13-8-16-6-5-14(13)17-9-18-15/h3-4,7,9,16H,5-6,8H2,1-2H3. The van der Waals surface area contributed by atoms with Crippen molar-refractivity contribution >= 4 is 0 Å². The lowest BCUT2D eigenvalue weighted by molar-refractivity contribution is 0.627. The van der Waals surface area contributed by atoms with E-state index in [4.69, 9.17) is 0 Å². The Morgan fingerprint density at radius 2 is 2.06 bits per heavy atom. The second kappa shape index (κ2) is 4.50. The van der Waals surface area contributed by atoms with E-state index in [0.29, 0.717) is 0 Å². The fraction of sp³-hybridized carbons (Fsp3) is 0.333. The molecular formula is C15H17N3. The topological polar surface area (TPSA) is 37.8 Å². The van der Waals surface area contributed by atoms with Gasteiger partial charge in [-0.2, -0.15) is 0 Å². The molecule has 0 bridgehead atoms. The van der Waals surface area contributed by atoms with Crippen LogP contribution in [0.15, 0.2) is 24.5 Å². The van der Waals surface area contributed by atoms with Crippen molar-refractivity contribution in [2.75, 3.05) is 6.54 Å². The quantitative estimate of drug-likeness (QED) is 0.830. The predicted molar refractivity (Wildman–Crippen MR) is 72.4 cm³/mol. The van der Waals surface area contributed by atoms with Gasteiger partial charge in [-0.3, -0.25) is 0 Å². The molecule has 1 aliphatic heterocycles. The SMILES string of the molecule is Cc1ccc(C)c(-c2ncnc3c2CNCC3)c1. The maximum Gasteiger partial charge on any atom is 0.116 e. The third kappa shape index (κ3) is 1.91.